The molecule has 116 valence electrons. The SMILES string of the molecule is Cc1ccccc1-n1nnnc1SCC(=O)c1ccccc1Cl. The fraction of sp³-hybridized carbons (Fsp3) is 0.125. The molecule has 0 saturated heterocycles. The van der Waals surface area contributed by atoms with Crippen LogP contribution >= 0.6 is 23.4 Å². The maximum absolute atomic E-state index is 12.3. The van der Waals surface area contributed by atoms with Crippen LogP contribution in [0.4, 0.5) is 0 Å². The summed E-state index contributed by atoms with van der Waals surface area (Å²) in [7, 11) is 0. The van der Waals surface area contributed by atoms with Gasteiger partial charge in [0.2, 0.25) is 5.16 Å². The molecule has 0 aliphatic carbocycles. The van der Waals surface area contributed by atoms with Crippen LogP contribution in [0.1, 0.15) is 15.9 Å². The Morgan fingerprint density at radius 1 is 1.17 bits per heavy atom. The lowest BCUT2D eigenvalue weighted by atomic mass is 10.1. The van der Waals surface area contributed by atoms with Gasteiger partial charge in [-0.05, 0) is 41.1 Å². The van der Waals surface area contributed by atoms with Crippen LogP contribution in [0.15, 0.2) is 53.7 Å². The number of rotatable bonds is 5. The van der Waals surface area contributed by atoms with Gasteiger partial charge in [-0.2, -0.15) is 4.68 Å². The van der Waals surface area contributed by atoms with Gasteiger partial charge < -0.3 is 0 Å². The van der Waals surface area contributed by atoms with Crippen molar-refractivity contribution in [2.75, 3.05) is 5.75 Å². The van der Waals surface area contributed by atoms with E-state index >= 15 is 0 Å². The Morgan fingerprint density at radius 3 is 2.70 bits per heavy atom. The van der Waals surface area contributed by atoms with Crippen LogP contribution in [-0.4, -0.2) is 31.7 Å². The third-order valence-electron chi connectivity index (χ3n) is 3.29. The molecular formula is C16H13ClN4OS. The molecule has 0 bridgehead atoms. The summed E-state index contributed by atoms with van der Waals surface area (Å²) in [5.74, 6) is 0.163. The van der Waals surface area contributed by atoms with Crippen LogP contribution in [0.3, 0.4) is 0 Å². The van der Waals surface area contributed by atoms with E-state index in [-0.39, 0.29) is 11.5 Å². The van der Waals surface area contributed by atoms with E-state index in [1.54, 1.807) is 28.9 Å². The Morgan fingerprint density at radius 2 is 1.91 bits per heavy atom. The summed E-state index contributed by atoms with van der Waals surface area (Å²) in [4.78, 5) is 12.3. The van der Waals surface area contributed by atoms with Crippen LogP contribution in [0.5, 0.6) is 0 Å². The van der Waals surface area contributed by atoms with Crippen LogP contribution in [0.2, 0.25) is 5.02 Å². The number of para-hydroxylation sites is 1. The number of tetrazole rings is 1. The third-order valence-corrected chi connectivity index (χ3v) is 4.54. The van der Waals surface area contributed by atoms with Crippen molar-refractivity contribution < 1.29 is 4.79 Å². The number of nitrogens with zero attached hydrogens (tertiary/aromatic N) is 4. The first kappa shape index (κ1) is 15.7. The van der Waals surface area contributed by atoms with Crippen LogP contribution in [0, 0.1) is 6.92 Å². The normalized spacial score (nSPS) is 10.7. The van der Waals surface area contributed by atoms with Gasteiger partial charge in [-0.1, -0.05) is 53.7 Å². The van der Waals surface area contributed by atoms with E-state index in [1.165, 1.54) is 11.8 Å². The molecule has 0 radical (unpaired) electrons. The maximum Gasteiger partial charge on any atom is 0.214 e. The predicted molar refractivity (Wildman–Crippen MR) is 90.4 cm³/mol. The highest BCUT2D eigenvalue weighted by Gasteiger charge is 2.15. The number of aryl methyl sites for hydroxylation is 1. The van der Waals surface area contributed by atoms with Crippen molar-refractivity contribution in [3.8, 4) is 5.69 Å². The molecule has 0 unspecified atom stereocenters. The minimum absolute atomic E-state index is 0.0556. The quantitative estimate of drug-likeness (QED) is 0.522. The summed E-state index contributed by atoms with van der Waals surface area (Å²) in [6.45, 7) is 1.99. The second-order valence-electron chi connectivity index (χ2n) is 4.85. The van der Waals surface area contributed by atoms with Gasteiger partial charge in [0.05, 0.1) is 16.5 Å². The molecule has 0 spiro atoms. The number of Topliss-reactive ketones (excluding diaryl/α,β-unsaturated/α-hetero) is 1. The number of aromatic nitrogens is 4. The second-order valence-corrected chi connectivity index (χ2v) is 6.20. The van der Waals surface area contributed by atoms with Gasteiger partial charge in [0.15, 0.2) is 5.78 Å². The van der Waals surface area contributed by atoms with E-state index in [9.17, 15) is 4.79 Å². The molecule has 3 rings (SSSR count). The Bertz CT molecular complexity index is 849. The monoisotopic (exact) mass is 344 g/mol. The van der Waals surface area contributed by atoms with Gasteiger partial charge in [-0.15, -0.1) is 5.10 Å². The van der Waals surface area contributed by atoms with Crippen molar-refractivity contribution in [2.45, 2.75) is 12.1 Å². The summed E-state index contributed by atoms with van der Waals surface area (Å²) < 4.78 is 1.64. The molecule has 1 heterocycles. The summed E-state index contributed by atoms with van der Waals surface area (Å²) in [6, 6.07) is 14.8. The first-order chi connectivity index (χ1) is 11.2. The van der Waals surface area contributed by atoms with Gasteiger partial charge >= 0.3 is 0 Å². The van der Waals surface area contributed by atoms with Crippen molar-refractivity contribution in [1.82, 2.24) is 20.2 Å². The highest BCUT2D eigenvalue weighted by molar-refractivity contribution is 7.99. The molecule has 0 N–H and O–H groups in total. The van der Waals surface area contributed by atoms with E-state index < -0.39 is 0 Å². The summed E-state index contributed by atoms with van der Waals surface area (Å²) in [5.41, 5.74) is 2.46. The summed E-state index contributed by atoms with van der Waals surface area (Å²) in [5, 5.41) is 12.8. The average molecular weight is 345 g/mol. The molecule has 0 atom stereocenters. The predicted octanol–water partition coefficient (Wildman–Crippen LogP) is 3.60. The number of hydrogen-bond acceptors (Lipinski definition) is 5. The zero-order valence-electron chi connectivity index (χ0n) is 12.3. The molecule has 23 heavy (non-hydrogen) atoms. The number of carbonyl (C=O) groups excluding carboxylic acids is 1. The Balaban J connectivity index is 1.78. The van der Waals surface area contributed by atoms with E-state index in [0.717, 1.165) is 11.3 Å². The molecule has 0 saturated carbocycles. The lowest BCUT2D eigenvalue weighted by molar-refractivity contribution is 0.102. The Kier molecular flexibility index (Phi) is 4.73. The highest BCUT2D eigenvalue weighted by atomic mass is 35.5. The zero-order chi connectivity index (χ0) is 16.2. The molecule has 0 amide bonds. The standard InChI is InChI=1S/C16H13ClN4OS/c1-11-6-2-5-9-14(11)21-16(18-19-20-21)23-10-15(22)12-7-3-4-8-13(12)17/h2-9H,10H2,1H3. The van der Waals surface area contributed by atoms with E-state index in [4.69, 9.17) is 11.6 Å². The van der Waals surface area contributed by atoms with Crippen molar-refractivity contribution in [2.24, 2.45) is 0 Å². The minimum atomic E-state index is -0.0556. The zero-order valence-corrected chi connectivity index (χ0v) is 13.9. The van der Waals surface area contributed by atoms with Crippen molar-refractivity contribution in [3.05, 3.63) is 64.7 Å². The highest BCUT2D eigenvalue weighted by Crippen LogP contribution is 2.23. The van der Waals surface area contributed by atoms with Crippen LogP contribution < -0.4 is 0 Å². The molecule has 0 fully saturated rings. The molecule has 5 nitrogen and oxygen atoms in total. The van der Waals surface area contributed by atoms with Gasteiger partial charge in [0.1, 0.15) is 0 Å². The van der Waals surface area contributed by atoms with Gasteiger partial charge in [-0.3, -0.25) is 4.79 Å². The molecule has 2 aromatic carbocycles. The Labute approximate surface area is 142 Å². The van der Waals surface area contributed by atoms with Crippen molar-refractivity contribution >= 4 is 29.1 Å². The topological polar surface area (TPSA) is 60.7 Å². The molecule has 0 aliphatic rings. The first-order valence-corrected chi connectivity index (χ1v) is 8.28. The fourth-order valence-electron chi connectivity index (χ4n) is 2.12. The number of ketones is 1. The lowest BCUT2D eigenvalue weighted by Crippen LogP contribution is -2.06. The molecular weight excluding hydrogens is 332 g/mol. The van der Waals surface area contributed by atoms with E-state index in [0.29, 0.717) is 15.7 Å². The molecule has 1 aromatic heterocycles. The van der Waals surface area contributed by atoms with Gasteiger partial charge in [0.25, 0.3) is 0 Å². The third kappa shape index (κ3) is 3.43. The van der Waals surface area contributed by atoms with E-state index in [2.05, 4.69) is 15.5 Å². The fourth-order valence-corrected chi connectivity index (χ4v) is 3.12. The van der Waals surface area contributed by atoms with E-state index in [1.807, 2.05) is 31.2 Å². The first-order valence-electron chi connectivity index (χ1n) is 6.91. The maximum atomic E-state index is 12.3. The molecule has 0 aliphatic heterocycles. The number of carbonyl (C=O) groups is 1. The van der Waals surface area contributed by atoms with Crippen LogP contribution in [-0.2, 0) is 0 Å². The second kappa shape index (κ2) is 6.93. The number of benzene rings is 2. The van der Waals surface area contributed by atoms with Crippen LogP contribution in [0.25, 0.3) is 5.69 Å². The Hall–Kier alpha value is -2.18. The number of thioether (sulfide) groups is 1. The minimum Gasteiger partial charge on any atom is -0.293 e. The number of halogens is 1. The molecule has 3 aromatic rings. The lowest BCUT2D eigenvalue weighted by Gasteiger charge is -2.07. The molecule has 7 heteroatoms. The van der Waals surface area contributed by atoms with Gasteiger partial charge in [-0.25, -0.2) is 0 Å². The largest absolute Gasteiger partial charge is 0.293 e. The van der Waals surface area contributed by atoms with Crippen molar-refractivity contribution in [1.29, 1.82) is 0 Å². The smallest absolute Gasteiger partial charge is 0.214 e. The van der Waals surface area contributed by atoms with Crippen molar-refractivity contribution in [3.63, 3.8) is 0 Å². The summed E-state index contributed by atoms with van der Waals surface area (Å²) in [6.07, 6.45) is 0. The average Bonchev–Trinajstić information content (AvgIpc) is 3.02. The summed E-state index contributed by atoms with van der Waals surface area (Å²) >= 11 is 7.34. The van der Waals surface area contributed by atoms with Gasteiger partial charge in [0, 0.05) is 5.56 Å². The number of hydrogen-bond donors (Lipinski definition) is 0.